The number of carboxylic acids is 1. The lowest BCUT2D eigenvalue weighted by Gasteiger charge is -2.48. The number of benzene rings is 1. The van der Waals surface area contributed by atoms with Crippen molar-refractivity contribution in [3.05, 3.63) is 34.9 Å². The summed E-state index contributed by atoms with van der Waals surface area (Å²) < 4.78 is 6.57. The van der Waals surface area contributed by atoms with Crippen molar-refractivity contribution in [2.75, 3.05) is 6.54 Å². The summed E-state index contributed by atoms with van der Waals surface area (Å²) in [6.07, 6.45) is 11.3. The first-order chi connectivity index (χ1) is 17.9. The van der Waals surface area contributed by atoms with Gasteiger partial charge in [0.2, 0.25) is 0 Å². The molecule has 5 atom stereocenters. The van der Waals surface area contributed by atoms with Gasteiger partial charge in [-0.2, -0.15) is 0 Å². The maximum Gasteiger partial charge on any atom is 0.308 e. The quantitative estimate of drug-likeness (QED) is 0.195. The smallest absolute Gasteiger partial charge is 0.308 e. The predicted octanol–water partition coefficient (Wildman–Crippen LogP) is 6.44. The van der Waals surface area contributed by atoms with Gasteiger partial charge in [-0.15, -0.1) is 0 Å². The average Bonchev–Trinajstić information content (AvgIpc) is 3.33. The van der Waals surface area contributed by atoms with Crippen molar-refractivity contribution in [1.82, 2.24) is 5.32 Å². The van der Waals surface area contributed by atoms with Crippen LogP contribution >= 0.6 is 0 Å². The van der Waals surface area contributed by atoms with Crippen molar-refractivity contribution >= 4 is 5.97 Å². The molecule has 212 valence electrons. The highest BCUT2D eigenvalue weighted by Gasteiger charge is 2.47. The standard InChI is InChI=1S/C32H49NO5/c1-6-7-8-9-15-31(2,3)21-17-26(34)29-23-16-20(13-14-24(23)32(4,5)38-28(29)18-21)27(35)19-33-25-12-10-11-22(25)30(36)37/h13,17-18,22-25,27,33-35H,6-12,14-16,19H2,1-5H3,(H,36,37)/t22-,23+,24+,25+,27?/m0/s1. The number of aliphatic hydroxyl groups excluding tert-OH is 1. The van der Waals surface area contributed by atoms with Gasteiger partial charge in [-0.25, -0.2) is 0 Å². The van der Waals surface area contributed by atoms with Gasteiger partial charge in [0.1, 0.15) is 17.1 Å². The molecule has 0 bridgehead atoms. The average molecular weight is 528 g/mol. The minimum absolute atomic E-state index is 0.0574. The molecule has 6 nitrogen and oxygen atoms in total. The summed E-state index contributed by atoms with van der Waals surface area (Å²) in [5.41, 5.74) is 2.50. The fourth-order valence-corrected chi connectivity index (χ4v) is 7.12. The zero-order valence-electron chi connectivity index (χ0n) is 24.1. The monoisotopic (exact) mass is 527 g/mol. The van der Waals surface area contributed by atoms with E-state index in [1.54, 1.807) is 0 Å². The topological polar surface area (TPSA) is 99.0 Å². The molecule has 1 aromatic carbocycles. The molecule has 3 aliphatic rings. The van der Waals surface area contributed by atoms with E-state index in [4.69, 9.17) is 4.74 Å². The number of aromatic hydroxyl groups is 1. The summed E-state index contributed by atoms with van der Waals surface area (Å²) in [5, 5.41) is 35.2. The van der Waals surface area contributed by atoms with Crippen molar-refractivity contribution in [3.63, 3.8) is 0 Å². The Kier molecular flexibility index (Phi) is 8.83. The number of fused-ring (bicyclic) bond motifs is 3. The van der Waals surface area contributed by atoms with Crippen LogP contribution in [0.3, 0.4) is 0 Å². The highest BCUT2D eigenvalue weighted by atomic mass is 16.5. The molecular formula is C32H49NO5. The summed E-state index contributed by atoms with van der Waals surface area (Å²) in [6, 6.07) is 4.00. The predicted molar refractivity (Wildman–Crippen MR) is 151 cm³/mol. The van der Waals surface area contributed by atoms with Crippen LogP contribution in [0.5, 0.6) is 11.5 Å². The molecule has 4 N–H and O–H groups in total. The molecule has 6 heteroatoms. The molecule has 0 saturated heterocycles. The number of nitrogens with one attached hydrogen (secondary N) is 1. The van der Waals surface area contributed by atoms with Gasteiger partial charge in [0.05, 0.1) is 12.0 Å². The van der Waals surface area contributed by atoms with Gasteiger partial charge < -0.3 is 25.4 Å². The van der Waals surface area contributed by atoms with E-state index in [-0.39, 0.29) is 29.2 Å². The first-order valence-corrected chi connectivity index (χ1v) is 14.8. The van der Waals surface area contributed by atoms with Gasteiger partial charge in [0.15, 0.2) is 0 Å². The largest absolute Gasteiger partial charge is 0.508 e. The molecule has 0 aromatic heterocycles. The van der Waals surface area contributed by atoms with Crippen LogP contribution in [0.4, 0.5) is 0 Å². The van der Waals surface area contributed by atoms with Gasteiger partial charge in [-0.3, -0.25) is 4.79 Å². The van der Waals surface area contributed by atoms with Gasteiger partial charge in [-0.05, 0) is 74.6 Å². The summed E-state index contributed by atoms with van der Waals surface area (Å²) in [4.78, 5) is 11.5. The van der Waals surface area contributed by atoms with E-state index in [0.717, 1.165) is 48.1 Å². The molecule has 0 spiro atoms. The number of hydrogen-bond donors (Lipinski definition) is 4. The van der Waals surface area contributed by atoms with Gasteiger partial charge in [0, 0.05) is 30.0 Å². The lowest BCUT2D eigenvalue weighted by molar-refractivity contribution is -0.142. The molecule has 1 aliphatic heterocycles. The van der Waals surface area contributed by atoms with Crippen molar-refractivity contribution in [2.24, 2.45) is 11.8 Å². The molecule has 1 heterocycles. The number of carboxylic acid groups (broad SMARTS) is 1. The molecule has 1 saturated carbocycles. The molecule has 1 aromatic rings. The van der Waals surface area contributed by atoms with Crippen molar-refractivity contribution < 1.29 is 24.9 Å². The Bertz CT molecular complexity index is 1030. The Morgan fingerprint density at radius 2 is 1.97 bits per heavy atom. The molecule has 0 radical (unpaired) electrons. The Morgan fingerprint density at radius 3 is 2.68 bits per heavy atom. The third kappa shape index (κ3) is 6.07. The second-order valence-electron chi connectivity index (χ2n) is 13.1. The van der Waals surface area contributed by atoms with E-state index in [0.29, 0.717) is 25.1 Å². The Balaban J connectivity index is 1.51. The number of aliphatic hydroxyl groups is 1. The maximum atomic E-state index is 11.5. The maximum absolute atomic E-state index is 11.5. The summed E-state index contributed by atoms with van der Waals surface area (Å²) in [7, 11) is 0. The van der Waals surface area contributed by atoms with Crippen molar-refractivity contribution in [1.29, 1.82) is 0 Å². The third-order valence-electron chi connectivity index (χ3n) is 9.60. The number of aliphatic carboxylic acids is 1. The minimum atomic E-state index is -0.755. The summed E-state index contributed by atoms with van der Waals surface area (Å²) in [6.45, 7) is 11.3. The second-order valence-corrected chi connectivity index (χ2v) is 13.1. The number of hydrogen-bond acceptors (Lipinski definition) is 5. The number of ether oxygens (including phenoxy) is 1. The highest BCUT2D eigenvalue weighted by molar-refractivity contribution is 5.71. The molecule has 38 heavy (non-hydrogen) atoms. The van der Waals surface area contributed by atoms with Crippen LogP contribution in [-0.2, 0) is 10.2 Å². The molecular weight excluding hydrogens is 478 g/mol. The number of allylic oxidation sites excluding steroid dienone is 1. The van der Waals surface area contributed by atoms with Gasteiger partial charge in [0.25, 0.3) is 0 Å². The molecule has 1 fully saturated rings. The van der Waals surface area contributed by atoms with E-state index in [9.17, 15) is 20.1 Å². The lowest BCUT2D eigenvalue weighted by Crippen LogP contribution is -2.46. The fraction of sp³-hybridized carbons (Fsp3) is 0.719. The lowest BCUT2D eigenvalue weighted by atomic mass is 9.66. The highest BCUT2D eigenvalue weighted by Crippen LogP contribution is 2.55. The second kappa shape index (κ2) is 11.6. The van der Waals surface area contributed by atoms with Crippen LogP contribution in [0.25, 0.3) is 0 Å². The van der Waals surface area contributed by atoms with E-state index in [1.807, 2.05) is 6.07 Å². The number of rotatable bonds is 11. The number of phenolic OH excluding ortho intramolecular Hbond substituents is 1. The van der Waals surface area contributed by atoms with Crippen molar-refractivity contribution in [2.45, 2.75) is 128 Å². The van der Waals surface area contributed by atoms with E-state index in [1.165, 1.54) is 25.7 Å². The SMILES string of the molecule is CCCCCCC(C)(C)c1cc(O)c2c(c1)OC(C)(C)[C@@H]1CC=C(C(O)CN[C@@H]3CCC[C@@H]3C(=O)O)C[C@@H]21. The Hall–Kier alpha value is -2.05. The normalized spacial score (nSPS) is 27.2. The van der Waals surface area contributed by atoms with E-state index in [2.05, 4.69) is 52.1 Å². The van der Waals surface area contributed by atoms with Crippen LogP contribution in [0, 0.1) is 11.8 Å². The van der Waals surface area contributed by atoms with Crippen LogP contribution in [0.2, 0.25) is 0 Å². The molecule has 1 unspecified atom stereocenters. The first kappa shape index (κ1) is 28.9. The Labute approximate surface area is 228 Å². The number of unbranched alkanes of at least 4 members (excludes halogenated alkanes) is 3. The zero-order valence-corrected chi connectivity index (χ0v) is 24.1. The molecule has 0 amide bonds. The van der Waals surface area contributed by atoms with Crippen molar-refractivity contribution in [3.8, 4) is 11.5 Å². The zero-order chi connectivity index (χ0) is 27.7. The fourth-order valence-electron chi connectivity index (χ4n) is 7.12. The van der Waals surface area contributed by atoms with E-state index >= 15 is 0 Å². The van der Waals surface area contributed by atoms with Crippen LogP contribution in [-0.4, -0.2) is 45.6 Å². The summed E-state index contributed by atoms with van der Waals surface area (Å²) >= 11 is 0. The third-order valence-corrected chi connectivity index (χ3v) is 9.60. The van der Waals surface area contributed by atoms with Gasteiger partial charge in [-0.1, -0.05) is 59.0 Å². The van der Waals surface area contributed by atoms with Crippen LogP contribution in [0.1, 0.15) is 116 Å². The van der Waals surface area contributed by atoms with E-state index < -0.39 is 17.7 Å². The number of carbonyl (C=O) groups is 1. The van der Waals surface area contributed by atoms with Crippen LogP contribution in [0.15, 0.2) is 23.8 Å². The van der Waals surface area contributed by atoms with Crippen LogP contribution < -0.4 is 10.1 Å². The molecule has 4 rings (SSSR count). The Morgan fingerprint density at radius 1 is 1.21 bits per heavy atom. The van der Waals surface area contributed by atoms with Gasteiger partial charge >= 0.3 is 5.97 Å². The molecule has 2 aliphatic carbocycles. The summed E-state index contributed by atoms with van der Waals surface area (Å²) in [5.74, 6) is 0.199. The first-order valence-electron chi connectivity index (χ1n) is 14.8. The number of phenols is 1. The minimum Gasteiger partial charge on any atom is -0.508 e.